The van der Waals surface area contributed by atoms with Gasteiger partial charge in [0.1, 0.15) is 0 Å². The van der Waals surface area contributed by atoms with Crippen LogP contribution in [0.5, 0.6) is 0 Å². The first kappa shape index (κ1) is 7.76. The van der Waals surface area contributed by atoms with Gasteiger partial charge < -0.3 is 4.74 Å². The number of hydrogen-bond acceptors (Lipinski definition) is 4. The summed E-state index contributed by atoms with van der Waals surface area (Å²) in [5.74, 6) is 1.06. The van der Waals surface area contributed by atoms with Gasteiger partial charge in [-0.25, -0.2) is 4.89 Å². The minimum atomic E-state index is -0.128. The summed E-state index contributed by atoms with van der Waals surface area (Å²) in [7, 11) is 0. The van der Waals surface area contributed by atoms with Crippen LogP contribution in [0, 0.1) is 23.7 Å². The Kier molecular flexibility index (Phi) is 1.46. The van der Waals surface area contributed by atoms with Gasteiger partial charge >= 0.3 is 5.97 Å². The van der Waals surface area contributed by atoms with E-state index >= 15 is 0 Å². The molecule has 3 fully saturated rings. The van der Waals surface area contributed by atoms with Crippen LogP contribution in [0.2, 0.25) is 0 Å². The molecule has 0 aromatic heterocycles. The minimum absolute atomic E-state index is 0.0101. The van der Waals surface area contributed by atoms with Crippen molar-refractivity contribution >= 4 is 5.97 Å². The fraction of sp³-hybridized carbons (Fsp3) is 0.889. The van der Waals surface area contributed by atoms with Crippen molar-refractivity contribution in [1.29, 1.82) is 0 Å². The highest BCUT2D eigenvalue weighted by Crippen LogP contribution is 2.55. The summed E-state index contributed by atoms with van der Waals surface area (Å²) in [5.41, 5.74) is 0. The Morgan fingerprint density at radius 2 is 2.23 bits per heavy atom. The molecule has 13 heavy (non-hydrogen) atoms. The second-order valence-corrected chi connectivity index (χ2v) is 4.36. The first-order valence-electron chi connectivity index (χ1n) is 4.78. The third-order valence-electron chi connectivity index (χ3n) is 3.94. The summed E-state index contributed by atoms with van der Waals surface area (Å²) < 4.78 is 5.02. The zero-order valence-corrected chi connectivity index (χ0v) is 7.18. The molecule has 1 aliphatic heterocycles. The quantitative estimate of drug-likeness (QED) is 0.370. The van der Waals surface area contributed by atoms with Gasteiger partial charge in [-0.05, 0) is 18.8 Å². The molecule has 2 aliphatic carbocycles. The summed E-state index contributed by atoms with van der Waals surface area (Å²) in [5, 5.41) is 8.64. The Morgan fingerprint density at radius 3 is 3.00 bits per heavy atom. The lowest BCUT2D eigenvalue weighted by molar-refractivity contribution is -0.291. The highest BCUT2D eigenvalue weighted by atomic mass is 17.1. The second kappa shape index (κ2) is 2.45. The predicted molar refractivity (Wildman–Crippen MR) is 41.7 cm³/mol. The van der Waals surface area contributed by atoms with Crippen LogP contribution >= 0.6 is 0 Å². The summed E-state index contributed by atoms with van der Waals surface area (Å²) >= 11 is 0. The van der Waals surface area contributed by atoms with Crippen LogP contribution in [0.3, 0.4) is 0 Å². The molecule has 1 saturated heterocycles. The maximum Gasteiger partial charge on any atom is 0.309 e. The van der Waals surface area contributed by atoms with E-state index in [0.29, 0.717) is 18.4 Å². The Balaban J connectivity index is 1.89. The Morgan fingerprint density at radius 1 is 1.38 bits per heavy atom. The molecule has 0 aromatic rings. The molecule has 3 rings (SSSR count). The molecule has 1 heterocycles. The van der Waals surface area contributed by atoms with Crippen molar-refractivity contribution in [3.63, 3.8) is 0 Å². The van der Waals surface area contributed by atoms with Crippen molar-refractivity contribution in [2.45, 2.75) is 18.9 Å². The van der Waals surface area contributed by atoms with E-state index in [9.17, 15) is 4.79 Å². The number of fused-ring (bicyclic) bond motifs is 5. The molecular formula is C9H12O4. The molecule has 72 valence electrons. The van der Waals surface area contributed by atoms with Crippen LogP contribution in [0.25, 0.3) is 0 Å². The Hall–Kier alpha value is -0.610. The average Bonchev–Trinajstić information content (AvgIpc) is 2.76. The lowest BCUT2D eigenvalue weighted by Crippen LogP contribution is -2.33. The molecule has 1 N–H and O–H groups in total. The van der Waals surface area contributed by atoms with Gasteiger partial charge in [-0.2, -0.15) is 0 Å². The van der Waals surface area contributed by atoms with E-state index in [0.717, 1.165) is 12.8 Å². The molecule has 0 spiro atoms. The number of rotatable bonds is 1. The third kappa shape index (κ3) is 0.849. The van der Waals surface area contributed by atoms with Gasteiger partial charge in [0.2, 0.25) is 0 Å². The summed E-state index contributed by atoms with van der Waals surface area (Å²) in [6.45, 7) is 0.586. The number of ether oxygens (including phenoxy) is 1. The fourth-order valence-corrected chi connectivity index (χ4v) is 3.39. The highest BCUT2D eigenvalue weighted by molar-refractivity contribution is 5.76. The molecule has 3 aliphatic rings. The smallest absolute Gasteiger partial charge is 0.309 e. The maximum atomic E-state index is 11.3. The molecule has 0 amide bonds. The fourth-order valence-electron chi connectivity index (χ4n) is 3.39. The SMILES string of the molecule is O=C1OCC2C3CC(OO)C(C3)C12. The van der Waals surface area contributed by atoms with Crippen LogP contribution in [0.1, 0.15) is 12.8 Å². The Bertz CT molecular complexity index is 252. The lowest BCUT2D eigenvalue weighted by Gasteiger charge is -2.25. The lowest BCUT2D eigenvalue weighted by atomic mass is 9.80. The zero-order valence-electron chi connectivity index (χ0n) is 7.18. The largest absolute Gasteiger partial charge is 0.465 e. The van der Waals surface area contributed by atoms with Gasteiger partial charge in [0.15, 0.2) is 0 Å². The summed E-state index contributed by atoms with van der Waals surface area (Å²) in [6, 6.07) is 0. The highest BCUT2D eigenvalue weighted by Gasteiger charge is 2.59. The van der Waals surface area contributed by atoms with E-state index < -0.39 is 0 Å². The molecule has 4 nitrogen and oxygen atoms in total. The van der Waals surface area contributed by atoms with Crippen molar-refractivity contribution in [1.82, 2.24) is 0 Å². The van der Waals surface area contributed by atoms with Crippen molar-refractivity contribution in [2.75, 3.05) is 6.61 Å². The van der Waals surface area contributed by atoms with Gasteiger partial charge in [0.25, 0.3) is 0 Å². The first-order chi connectivity index (χ1) is 6.31. The second-order valence-electron chi connectivity index (χ2n) is 4.36. The van der Waals surface area contributed by atoms with E-state index in [-0.39, 0.29) is 23.9 Å². The topological polar surface area (TPSA) is 55.8 Å². The van der Waals surface area contributed by atoms with Crippen LogP contribution in [-0.2, 0) is 14.4 Å². The molecule has 0 aromatic carbocycles. The molecule has 2 saturated carbocycles. The third-order valence-corrected chi connectivity index (χ3v) is 3.94. The number of cyclic esters (lactones) is 1. The molecular weight excluding hydrogens is 172 g/mol. The first-order valence-corrected chi connectivity index (χ1v) is 4.78. The minimum Gasteiger partial charge on any atom is -0.465 e. The molecule has 5 atom stereocenters. The van der Waals surface area contributed by atoms with E-state index in [1.54, 1.807) is 0 Å². The van der Waals surface area contributed by atoms with Crippen LogP contribution < -0.4 is 0 Å². The van der Waals surface area contributed by atoms with E-state index in [1.807, 2.05) is 0 Å². The van der Waals surface area contributed by atoms with Crippen molar-refractivity contribution in [3.8, 4) is 0 Å². The summed E-state index contributed by atoms with van der Waals surface area (Å²) in [4.78, 5) is 15.7. The maximum absolute atomic E-state index is 11.3. The van der Waals surface area contributed by atoms with Crippen LogP contribution in [0.15, 0.2) is 0 Å². The van der Waals surface area contributed by atoms with E-state index in [1.165, 1.54) is 0 Å². The number of carbonyl (C=O) groups excluding carboxylic acids is 1. The van der Waals surface area contributed by atoms with Gasteiger partial charge in [-0.1, -0.05) is 0 Å². The van der Waals surface area contributed by atoms with Crippen LogP contribution in [0.4, 0.5) is 0 Å². The van der Waals surface area contributed by atoms with Crippen molar-refractivity contribution in [3.05, 3.63) is 0 Å². The van der Waals surface area contributed by atoms with Crippen molar-refractivity contribution in [2.24, 2.45) is 23.7 Å². The molecule has 2 bridgehead atoms. The van der Waals surface area contributed by atoms with Gasteiger partial charge in [0.05, 0.1) is 18.6 Å². The molecule has 0 radical (unpaired) electrons. The van der Waals surface area contributed by atoms with Gasteiger partial charge in [-0.15, -0.1) is 0 Å². The number of esters is 1. The van der Waals surface area contributed by atoms with Gasteiger partial charge in [0, 0.05) is 11.8 Å². The zero-order chi connectivity index (χ0) is 9.00. The predicted octanol–water partition coefficient (Wildman–Crippen LogP) is 0.674. The van der Waals surface area contributed by atoms with E-state index in [4.69, 9.17) is 9.99 Å². The Labute approximate surface area is 75.8 Å². The molecule has 4 heteroatoms. The van der Waals surface area contributed by atoms with Gasteiger partial charge in [-0.3, -0.25) is 10.1 Å². The molecule has 5 unspecified atom stereocenters. The average molecular weight is 184 g/mol. The monoisotopic (exact) mass is 184 g/mol. The number of carbonyl (C=O) groups is 1. The van der Waals surface area contributed by atoms with Crippen LogP contribution in [-0.4, -0.2) is 23.9 Å². The standard InChI is InChI=1S/C9H12O4/c10-9-8-5-1-4(2-7(5)13-11)6(8)3-12-9/h4-8,11H,1-3H2. The number of hydrogen-bond donors (Lipinski definition) is 1. The van der Waals surface area contributed by atoms with Crippen molar-refractivity contribution < 1.29 is 19.7 Å². The summed E-state index contributed by atoms with van der Waals surface area (Å²) in [6.07, 6.45) is 1.78. The van der Waals surface area contributed by atoms with E-state index in [2.05, 4.69) is 4.89 Å². The normalized spacial score (nSPS) is 52.4.